The van der Waals surface area contributed by atoms with Gasteiger partial charge in [0.25, 0.3) is 0 Å². The van der Waals surface area contributed by atoms with E-state index in [1.807, 2.05) is 31.1 Å². The van der Waals surface area contributed by atoms with Crippen molar-refractivity contribution in [1.29, 1.82) is 0 Å². The van der Waals surface area contributed by atoms with Crippen molar-refractivity contribution in [2.45, 2.75) is 44.9 Å². The van der Waals surface area contributed by atoms with Gasteiger partial charge in [0.1, 0.15) is 5.82 Å². The summed E-state index contributed by atoms with van der Waals surface area (Å²) in [6.07, 6.45) is 8.06. The Labute approximate surface area is 220 Å². The summed E-state index contributed by atoms with van der Waals surface area (Å²) in [5, 5.41) is 0.947. The van der Waals surface area contributed by atoms with Crippen LogP contribution in [0.15, 0.2) is 12.1 Å². The van der Waals surface area contributed by atoms with Crippen molar-refractivity contribution in [3.05, 3.63) is 12.1 Å². The molecule has 2 aliphatic heterocycles. The van der Waals surface area contributed by atoms with Gasteiger partial charge in [-0.15, -0.1) is 0 Å². The Hall–Kier alpha value is -2.81. The summed E-state index contributed by atoms with van der Waals surface area (Å²) >= 11 is 0. The molecular formula is C28H42N6O3. The second-order valence-electron chi connectivity index (χ2n) is 10.8. The van der Waals surface area contributed by atoms with E-state index in [0.717, 1.165) is 74.5 Å². The third kappa shape index (κ3) is 5.87. The molecule has 5 rings (SSSR count). The van der Waals surface area contributed by atoms with Crippen LogP contribution >= 0.6 is 0 Å². The molecule has 0 spiro atoms. The highest BCUT2D eigenvalue weighted by molar-refractivity contribution is 5.93. The molecule has 0 bridgehead atoms. The average molecular weight is 511 g/mol. The zero-order valence-electron chi connectivity index (χ0n) is 22.7. The van der Waals surface area contributed by atoms with Crippen molar-refractivity contribution in [1.82, 2.24) is 19.8 Å². The molecule has 1 saturated carbocycles. The second kappa shape index (κ2) is 11.7. The maximum absolute atomic E-state index is 12.9. The molecule has 0 atom stereocenters. The minimum absolute atomic E-state index is 0.227. The van der Waals surface area contributed by atoms with Gasteiger partial charge in [-0.2, -0.15) is 4.98 Å². The van der Waals surface area contributed by atoms with Gasteiger partial charge in [0.2, 0.25) is 11.9 Å². The van der Waals surface area contributed by atoms with E-state index >= 15 is 0 Å². The van der Waals surface area contributed by atoms with Gasteiger partial charge in [-0.25, -0.2) is 4.98 Å². The average Bonchev–Trinajstić information content (AvgIpc) is 3.64. The molecule has 9 nitrogen and oxygen atoms in total. The van der Waals surface area contributed by atoms with Crippen LogP contribution in [0.3, 0.4) is 0 Å². The molecule has 202 valence electrons. The van der Waals surface area contributed by atoms with Gasteiger partial charge < -0.3 is 29.1 Å². The topological polar surface area (TPSA) is 74.3 Å². The summed E-state index contributed by atoms with van der Waals surface area (Å²) in [5.74, 6) is 3.54. The number of methoxy groups -OCH3 is 1. The van der Waals surface area contributed by atoms with Crippen LogP contribution in [0, 0.1) is 5.92 Å². The molecule has 0 radical (unpaired) electrons. The van der Waals surface area contributed by atoms with Gasteiger partial charge in [-0.3, -0.25) is 4.79 Å². The molecule has 2 saturated heterocycles. The summed E-state index contributed by atoms with van der Waals surface area (Å²) in [6.45, 7) is 7.10. The van der Waals surface area contributed by atoms with Gasteiger partial charge in [-0.1, -0.05) is 12.8 Å². The largest absolute Gasteiger partial charge is 0.493 e. The second-order valence-corrected chi connectivity index (χ2v) is 10.8. The molecule has 9 heteroatoms. The lowest BCUT2D eigenvalue weighted by Crippen LogP contribution is -2.50. The number of likely N-dealkylation sites (tertiary alicyclic amines) is 1. The number of aromatic nitrogens is 2. The summed E-state index contributed by atoms with van der Waals surface area (Å²) in [6, 6.07) is 4.00. The molecule has 2 aromatic rings. The first-order valence-electron chi connectivity index (χ1n) is 14.0. The van der Waals surface area contributed by atoms with E-state index in [-0.39, 0.29) is 5.92 Å². The molecule has 1 aromatic carbocycles. The van der Waals surface area contributed by atoms with Crippen LogP contribution in [0.5, 0.6) is 11.5 Å². The van der Waals surface area contributed by atoms with Gasteiger partial charge in [-0.05, 0) is 51.3 Å². The Balaban J connectivity index is 1.33. The number of ether oxygens (including phenoxy) is 2. The number of carbonyl (C=O) groups is 1. The molecule has 37 heavy (non-hydrogen) atoms. The van der Waals surface area contributed by atoms with Crippen LogP contribution < -0.4 is 19.3 Å². The molecule has 3 fully saturated rings. The first-order valence-corrected chi connectivity index (χ1v) is 14.0. The SMILES string of the molecule is COc1cc2c(N3CCN(C(=O)C4CCCC4)CC3)nc(N(C)C)nc2cc1OCCCN1CCCC1. The monoisotopic (exact) mass is 510 g/mol. The first-order chi connectivity index (χ1) is 18.0. The molecule has 0 unspecified atom stereocenters. The number of carbonyl (C=O) groups excluding carboxylic acids is 1. The van der Waals surface area contributed by atoms with Crippen molar-refractivity contribution in [2.24, 2.45) is 5.92 Å². The van der Waals surface area contributed by atoms with Crippen LogP contribution in [0.4, 0.5) is 11.8 Å². The van der Waals surface area contributed by atoms with Crippen LogP contribution in [0.2, 0.25) is 0 Å². The predicted octanol–water partition coefficient (Wildman–Crippen LogP) is 3.41. The Morgan fingerprint density at radius 1 is 0.973 bits per heavy atom. The number of anilines is 2. The lowest BCUT2D eigenvalue weighted by Gasteiger charge is -2.37. The smallest absolute Gasteiger partial charge is 0.227 e. The first kappa shape index (κ1) is 25.8. The third-order valence-corrected chi connectivity index (χ3v) is 8.02. The van der Waals surface area contributed by atoms with E-state index in [2.05, 4.69) is 14.7 Å². The van der Waals surface area contributed by atoms with Crippen LogP contribution in [-0.4, -0.2) is 99.3 Å². The number of hydrogen-bond donors (Lipinski definition) is 0. The van der Waals surface area contributed by atoms with Crippen molar-refractivity contribution in [2.75, 3.05) is 83.4 Å². The number of benzene rings is 1. The fourth-order valence-corrected chi connectivity index (χ4v) is 5.87. The molecular weight excluding hydrogens is 468 g/mol. The number of fused-ring (bicyclic) bond motifs is 1. The van der Waals surface area contributed by atoms with Gasteiger partial charge in [0, 0.05) is 64.2 Å². The van der Waals surface area contributed by atoms with E-state index in [9.17, 15) is 4.79 Å². The summed E-state index contributed by atoms with van der Waals surface area (Å²) in [4.78, 5) is 31.5. The number of nitrogens with zero attached hydrogens (tertiary/aromatic N) is 6. The lowest BCUT2D eigenvalue weighted by molar-refractivity contribution is -0.135. The Bertz CT molecular complexity index is 1070. The van der Waals surface area contributed by atoms with Gasteiger partial charge >= 0.3 is 0 Å². The molecule has 3 aliphatic rings. The third-order valence-electron chi connectivity index (χ3n) is 8.02. The Morgan fingerprint density at radius 3 is 2.38 bits per heavy atom. The van der Waals surface area contributed by atoms with E-state index < -0.39 is 0 Å². The maximum Gasteiger partial charge on any atom is 0.227 e. The zero-order valence-corrected chi connectivity index (χ0v) is 22.7. The number of rotatable bonds is 9. The van der Waals surface area contributed by atoms with Crippen molar-refractivity contribution in [3.63, 3.8) is 0 Å². The molecule has 0 N–H and O–H groups in total. The van der Waals surface area contributed by atoms with Crippen molar-refractivity contribution < 1.29 is 14.3 Å². The predicted molar refractivity (Wildman–Crippen MR) is 147 cm³/mol. The highest BCUT2D eigenvalue weighted by atomic mass is 16.5. The fourth-order valence-electron chi connectivity index (χ4n) is 5.87. The molecule has 3 heterocycles. The minimum atomic E-state index is 0.227. The van der Waals surface area contributed by atoms with E-state index in [0.29, 0.717) is 24.2 Å². The highest BCUT2D eigenvalue weighted by Crippen LogP contribution is 2.37. The number of amides is 1. The minimum Gasteiger partial charge on any atom is -0.493 e. The van der Waals surface area contributed by atoms with E-state index in [1.165, 1.54) is 38.8 Å². The summed E-state index contributed by atoms with van der Waals surface area (Å²) in [7, 11) is 5.60. The highest BCUT2D eigenvalue weighted by Gasteiger charge is 2.30. The number of piperazine rings is 1. The Morgan fingerprint density at radius 2 is 1.70 bits per heavy atom. The Kier molecular flexibility index (Phi) is 8.17. The van der Waals surface area contributed by atoms with Crippen LogP contribution in [-0.2, 0) is 4.79 Å². The fraction of sp³-hybridized carbons (Fsp3) is 0.679. The maximum atomic E-state index is 12.9. The van der Waals surface area contributed by atoms with Crippen molar-refractivity contribution >= 4 is 28.6 Å². The van der Waals surface area contributed by atoms with Crippen molar-refractivity contribution in [3.8, 4) is 11.5 Å². The van der Waals surface area contributed by atoms with E-state index in [4.69, 9.17) is 19.4 Å². The summed E-state index contributed by atoms with van der Waals surface area (Å²) in [5.41, 5.74) is 0.841. The molecule has 1 amide bonds. The summed E-state index contributed by atoms with van der Waals surface area (Å²) < 4.78 is 11.9. The number of hydrogen-bond acceptors (Lipinski definition) is 8. The molecule has 1 aliphatic carbocycles. The molecule has 1 aromatic heterocycles. The van der Waals surface area contributed by atoms with Gasteiger partial charge in [0.15, 0.2) is 11.5 Å². The van der Waals surface area contributed by atoms with Gasteiger partial charge in [0.05, 0.1) is 19.2 Å². The normalized spacial score (nSPS) is 19.1. The quantitative estimate of drug-likeness (QED) is 0.475. The van der Waals surface area contributed by atoms with E-state index in [1.54, 1.807) is 7.11 Å². The lowest BCUT2D eigenvalue weighted by atomic mass is 10.1. The zero-order chi connectivity index (χ0) is 25.8. The van der Waals surface area contributed by atoms with Crippen LogP contribution in [0.25, 0.3) is 10.9 Å². The van der Waals surface area contributed by atoms with Crippen LogP contribution in [0.1, 0.15) is 44.9 Å². The standard InChI is InChI=1S/C28H42N6O3/c1-31(2)28-29-23-20-25(37-18-8-13-32-11-6-7-12-32)24(36-3)19-22(23)26(30-28)33-14-16-34(17-15-33)27(35)21-9-4-5-10-21/h19-21H,4-18H2,1-3H3.